The normalized spacial score (nSPS) is 21.2. The van der Waals surface area contributed by atoms with Crippen LogP contribution in [0.1, 0.15) is 33.3 Å². The summed E-state index contributed by atoms with van der Waals surface area (Å²) in [6, 6.07) is 10.0. The molecule has 1 aromatic rings. The van der Waals surface area contributed by atoms with Crippen LogP contribution in [0.4, 0.5) is 0 Å². The second kappa shape index (κ2) is 6.47. The van der Waals surface area contributed by atoms with Crippen molar-refractivity contribution >= 4 is 0 Å². The number of benzene rings is 1. The van der Waals surface area contributed by atoms with E-state index in [1.165, 1.54) is 0 Å². The van der Waals surface area contributed by atoms with Gasteiger partial charge in [0.15, 0.2) is 0 Å². The van der Waals surface area contributed by atoms with Gasteiger partial charge in [0, 0.05) is 6.54 Å². The Kier molecular flexibility index (Phi) is 5.07. The monoisotopic (exact) mass is 291 g/mol. The zero-order valence-electron chi connectivity index (χ0n) is 13.7. The van der Waals surface area contributed by atoms with Crippen molar-refractivity contribution in [1.82, 2.24) is 5.32 Å². The Bertz CT molecular complexity index is 428. The first kappa shape index (κ1) is 16.5. The second-order valence-corrected chi connectivity index (χ2v) is 7.31. The first-order valence-corrected chi connectivity index (χ1v) is 7.86. The Morgan fingerprint density at radius 1 is 1.14 bits per heavy atom. The van der Waals surface area contributed by atoms with Crippen LogP contribution in [0.2, 0.25) is 0 Å². The van der Waals surface area contributed by atoms with Crippen molar-refractivity contribution in [2.45, 2.75) is 40.4 Å². The maximum atomic E-state index is 9.93. The number of hydrogen-bond acceptors (Lipinski definition) is 3. The third-order valence-electron chi connectivity index (χ3n) is 5.47. The Labute approximate surface area is 128 Å². The Morgan fingerprint density at radius 3 is 2.33 bits per heavy atom. The molecule has 0 radical (unpaired) electrons. The Hall–Kier alpha value is -0.900. The largest absolute Gasteiger partial charge is 0.389 e. The smallest absolute Gasteiger partial charge is 0.0897 e. The van der Waals surface area contributed by atoms with E-state index in [2.05, 4.69) is 33.0 Å². The van der Waals surface area contributed by atoms with Gasteiger partial charge in [-0.2, -0.15) is 0 Å². The molecule has 0 bridgehead atoms. The van der Waals surface area contributed by atoms with E-state index in [4.69, 9.17) is 4.74 Å². The van der Waals surface area contributed by atoms with Gasteiger partial charge in [-0.15, -0.1) is 0 Å². The van der Waals surface area contributed by atoms with Gasteiger partial charge in [-0.3, -0.25) is 0 Å². The molecule has 0 saturated heterocycles. The van der Waals surface area contributed by atoms with Crippen molar-refractivity contribution in [1.29, 1.82) is 0 Å². The highest BCUT2D eigenvalue weighted by molar-refractivity contribution is 5.13. The van der Waals surface area contributed by atoms with Crippen molar-refractivity contribution in [3.63, 3.8) is 0 Å². The molecule has 1 aromatic carbocycles. The minimum absolute atomic E-state index is 0.374. The highest BCUT2D eigenvalue weighted by Gasteiger charge is 2.63. The molecule has 21 heavy (non-hydrogen) atoms. The molecule has 1 aliphatic rings. The summed E-state index contributed by atoms with van der Waals surface area (Å²) in [4.78, 5) is 0. The van der Waals surface area contributed by atoms with Crippen LogP contribution in [0.25, 0.3) is 0 Å². The van der Waals surface area contributed by atoms with E-state index >= 15 is 0 Å². The van der Waals surface area contributed by atoms with Gasteiger partial charge in [-0.05, 0) is 28.9 Å². The third-order valence-corrected chi connectivity index (χ3v) is 5.47. The molecular weight excluding hydrogens is 262 g/mol. The lowest BCUT2D eigenvalue weighted by Gasteiger charge is -2.13. The fraction of sp³-hybridized carbons (Fsp3) is 0.667. The van der Waals surface area contributed by atoms with Crippen molar-refractivity contribution in [2.75, 3.05) is 19.7 Å². The lowest BCUT2D eigenvalue weighted by Crippen LogP contribution is -2.32. The molecule has 1 atom stereocenters. The summed E-state index contributed by atoms with van der Waals surface area (Å²) < 4.78 is 5.55. The van der Waals surface area contributed by atoms with Crippen molar-refractivity contribution in [3.05, 3.63) is 35.9 Å². The van der Waals surface area contributed by atoms with Crippen molar-refractivity contribution in [2.24, 2.45) is 16.7 Å². The van der Waals surface area contributed by atoms with Crippen LogP contribution < -0.4 is 5.32 Å². The predicted molar refractivity (Wildman–Crippen MR) is 86.0 cm³/mol. The fourth-order valence-electron chi connectivity index (χ4n) is 3.18. The summed E-state index contributed by atoms with van der Waals surface area (Å²) in [5, 5.41) is 13.3. The Morgan fingerprint density at radius 2 is 1.76 bits per heavy atom. The highest BCUT2D eigenvalue weighted by Crippen LogP contribution is 2.67. The topological polar surface area (TPSA) is 41.5 Å². The van der Waals surface area contributed by atoms with E-state index in [0.717, 1.165) is 12.1 Å². The summed E-state index contributed by atoms with van der Waals surface area (Å²) >= 11 is 0. The molecule has 1 aliphatic carbocycles. The molecule has 0 amide bonds. The average molecular weight is 291 g/mol. The minimum Gasteiger partial charge on any atom is -0.389 e. The lowest BCUT2D eigenvalue weighted by molar-refractivity contribution is 0.0287. The van der Waals surface area contributed by atoms with E-state index in [9.17, 15) is 5.11 Å². The minimum atomic E-state index is -0.446. The van der Waals surface area contributed by atoms with Gasteiger partial charge < -0.3 is 15.2 Å². The zero-order chi connectivity index (χ0) is 15.5. The molecule has 3 heteroatoms. The van der Waals surface area contributed by atoms with Crippen LogP contribution in [-0.2, 0) is 11.3 Å². The fourth-order valence-corrected chi connectivity index (χ4v) is 3.18. The standard InChI is InChI=1S/C18H29NO2/c1-17(2)16(18(17,3)4)11-19-10-15(20)13-21-12-14-8-6-5-7-9-14/h5-9,15-16,19-20H,10-13H2,1-4H3. The van der Waals surface area contributed by atoms with E-state index in [0.29, 0.717) is 36.5 Å². The summed E-state index contributed by atoms with van der Waals surface area (Å²) in [7, 11) is 0. The molecular formula is C18H29NO2. The van der Waals surface area contributed by atoms with Gasteiger partial charge >= 0.3 is 0 Å². The molecule has 3 nitrogen and oxygen atoms in total. The number of hydrogen-bond donors (Lipinski definition) is 2. The first-order valence-electron chi connectivity index (χ1n) is 7.86. The average Bonchev–Trinajstić information content (AvgIpc) is 2.82. The number of nitrogens with one attached hydrogen (secondary N) is 1. The SMILES string of the molecule is CC1(C)C(CNCC(O)COCc2ccccc2)C1(C)C. The quantitative estimate of drug-likeness (QED) is 0.774. The van der Waals surface area contributed by atoms with Crippen LogP contribution in [-0.4, -0.2) is 30.9 Å². The second-order valence-electron chi connectivity index (χ2n) is 7.31. The van der Waals surface area contributed by atoms with E-state index in [1.807, 2.05) is 30.3 Å². The van der Waals surface area contributed by atoms with Gasteiger partial charge in [0.2, 0.25) is 0 Å². The van der Waals surface area contributed by atoms with E-state index in [1.54, 1.807) is 0 Å². The Balaban J connectivity index is 1.57. The van der Waals surface area contributed by atoms with Crippen LogP contribution in [0, 0.1) is 16.7 Å². The summed E-state index contributed by atoms with van der Waals surface area (Å²) in [6.45, 7) is 11.8. The molecule has 118 valence electrons. The van der Waals surface area contributed by atoms with Crippen LogP contribution in [0.3, 0.4) is 0 Å². The van der Waals surface area contributed by atoms with Crippen molar-refractivity contribution < 1.29 is 9.84 Å². The molecule has 2 rings (SSSR count). The number of aliphatic hydroxyl groups excluding tert-OH is 1. The van der Waals surface area contributed by atoms with E-state index in [-0.39, 0.29) is 0 Å². The maximum absolute atomic E-state index is 9.93. The van der Waals surface area contributed by atoms with Gasteiger partial charge in [0.25, 0.3) is 0 Å². The summed E-state index contributed by atoms with van der Waals surface area (Å²) in [5.41, 5.74) is 1.93. The van der Waals surface area contributed by atoms with Gasteiger partial charge in [0.1, 0.15) is 0 Å². The molecule has 1 saturated carbocycles. The lowest BCUT2D eigenvalue weighted by atomic mass is 10.0. The predicted octanol–water partition coefficient (Wildman–Crippen LogP) is 2.84. The van der Waals surface area contributed by atoms with Crippen LogP contribution in [0.5, 0.6) is 0 Å². The number of aliphatic hydroxyl groups is 1. The maximum Gasteiger partial charge on any atom is 0.0897 e. The van der Waals surface area contributed by atoms with E-state index < -0.39 is 6.10 Å². The highest BCUT2D eigenvalue weighted by atomic mass is 16.5. The molecule has 0 spiro atoms. The summed E-state index contributed by atoms with van der Waals surface area (Å²) in [6.07, 6.45) is -0.446. The van der Waals surface area contributed by atoms with Gasteiger partial charge in [-0.1, -0.05) is 58.0 Å². The van der Waals surface area contributed by atoms with Crippen LogP contribution in [0.15, 0.2) is 30.3 Å². The first-order chi connectivity index (χ1) is 9.85. The number of rotatable bonds is 8. The molecule has 0 heterocycles. The molecule has 0 aliphatic heterocycles. The molecule has 2 N–H and O–H groups in total. The third kappa shape index (κ3) is 3.85. The molecule has 1 fully saturated rings. The van der Waals surface area contributed by atoms with Gasteiger partial charge in [-0.25, -0.2) is 0 Å². The summed E-state index contributed by atoms with van der Waals surface area (Å²) in [5.74, 6) is 0.683. The van der Waals surface area contributed by atoms with Crippen LogP contribution >= 0.6 is 0 Å². The van der Waals surface area contributed by atoms with Gasteiger partial charge in [0.05, 0.1) is 19.3 Å². The zero-order valence-corrected chi connectivity index (χ0v) is 13.7. The van der Waals surface area contributed by atoms with Crippen molar-refractivity contribution in [3.8, 4) is 0 Å². The molecule has 1 unspecified atom stereocenters. The molecule has 0 aromatic heterocycles. The number of ether oxygens (including phenoxy) is 1.